The number of para-hydroxylation sites is 1. The van der Waals surface area contributed by atoms with Crippen LogP contribution in [0.15, 0.2) is 30.6 Å². The van der Waals surface area contributed by atoms with E-state index in [1.54, 1.807) is 0 Å². The van der Waals surface area contributed by atoms with Crippen LogP contribution >= 0.6 is 11.6 Å². The monoisotopic (exact) mass is 261 g/mol. The van der Waals surface area contributed by atoms with Gasteiger partial charge in [0.25, 0.3) is 0 Å². The van der Waals surface area contributed by atoms with Crippen LogP contribution in [-0.4, -0.2) is 16.3 Å². The first-order valence-corrected chi connectivity index (χ1v) is 5.94. The van der Waals surface area contributed by atoms with Crippen molar-refractivity contribution in [1.82, 2.24) is 9.97 Å². The summed E-state index contributed by atoms with van der Waals surface area (Å²) >= 11 is 5.85. The van der Waals surface area contributed by atoms with Gasteiger partial charge < -0.3 is 5.32 Å². The van der Waals surface area contributed by atoms with Gasteiger partial charge in [-0.25, -0.2) is 9.97 Å². The van der Waals surface area contributed by atoms with Crippen molar-refractivity contribution >= 4 is 29.4 Å². The number of nitrogens with one attached hydrogen (secondary N) is 1. The quantitative estimate of drug-likeness (QED) is 0.678. The molecule has 0 aliphatic heterocycles. The van der Waals surface area contributed by atoms with Gasteiger partial charge in [0.15, 0.2) is 6.29 Å². The lowest BCUT2D eigenvalue weighted by atomic mass is 10.1. The zero-order valence-electron chi connectivity index (χ0n) is 9.85. The van der Waals surface area contributed by atoms with E-state index in [2.05, 4.69) is 22.2 Å². The second-order valence-electron chi connectivity index (χ2n) is 3.68. The number of hydrogen-bond acceptors (Lipinski definition) is 4. The molecule has 18 heavy (non-hydrogen) atoms. The van der Waals surface area contributed by atoms with Crippen LogP contribution in [-0.2, 0) is 6.42 Å². The average Bonchev–Trinajstić information content (AvgIpc) is 2.40. The van der Waals surface area contributed by atoms with E-state index in [0.717, 1.165) is 17.7 Å². The van der Waals surface area contributed by atoms with E-state index < -0.39 is 0 Å². The Hall–Kier alpha value is -1.94. The fourth-order valence-electron chi connectivity index (χ4n) is 1.66. The van der Waals surface area contributed by atoms with Crippen molar-refractivity contribution in [2.24, 2.45) is 0 Å². The number of rotatable bonds is 4. The average molecular weight is 262 g/mol. The normalized spacial score (nSPS) is 10.1. The molecule has 0 radical (unpaired) electrons. The fourth-order valence-corrected chi connectivity index (χ4v) is 1.83. The Morgan fingerprint density at radius 2 is 2.11 bits per heavy atom. The summed E-state index contributed by atoms with van der Waals surface area (Å²) in [6.07, 6.45) is 2.86. The SMILES string of the molecule is CCc1ccccc1Nc1ncnc(Cl)c1C=O. The molecule has 0 aliphatic rings. The van der Waals surface area contributed by atoms with Gasteiger partial charge in [0.1, 0.15) is 17.3 Å². The summed E-state index contributed by atoms with van der Waals surface area (Å²) in [5.41, 5.74) is 2.33. The van der Waals surface area contributed by atoms with Gasteiger partial charge in [-0.1, -0.05) is 36.7 Å². The van der Waals surface area contributed by atoms with Gasteiger partial charge in [0, 0.05) is 5.69 Å². The lowest BCUT2D eigenvalue weighted by molar-refractivity contribution is 0.112. The molecule has 0 saturated carbocycles. The van der Waals surface area contributed by atoms with Crippen molar-refractivity contribution in [1.29, 1.82) is 0 Å². The van der Waals surface area contributed by atoms with E-state index in [9.17, 15) is 4.79 Å². The van der Waals surface area contributed by atoms with Crippen LogP contribution in [0, 0.1) is 0 Å². The van der Waals surface area contributed by atoms with Crippen LogP contribution in [0.2, 0.25) is 5.15 Å². The molecule has 1 heterocycles. The highest BCUT2D eigenvalue weighted by atomic mass is 35.5. The van der Waals surface area contributed by atoms with Crippen molar-refractivity contribution in [3.05, 3.63) is 46.9 Å². The number of halogens is 1. The third kappa shape index (κ3) is 2.49. The first-order chi connectivity index (χ1) is 8.76. The van der Waals surface area contributed by atoms with E-state index in [1.165, 1.54) is 6.33 Å². The van der Waals surface area contributed by atoms with Crippen molar-refractivity contribution in [3.8, 4) is 0 Å². The molecule has 0 atom stereocenters. The summed E-state index contributed by atoms with van der Waals surface area (Å²) in [4.78, 5) is 18.8. The Bertz CT molecular complexity index is 572. The van der Waals surface area contributed by atoms with E-state index in [4.69, 9.17) is 11.6 Å². The molecule has 5 heteroatoms. The Kier molecular flexibility index (Phi) is 3.89. The van der Waals surface area contributed by atoms with Crippen LogP contribution in [0.25, 0.3) is 0 Å². The maximum Gasteiger partial charge on any atom is 0.156 e. The molecule has 2 aromatic rings. The molecule has 1 N–H and O–H groups in total. The number of anilines is 2. The second kappa shape index (κ2) is 5.60. The molecule has 0 unspecified atom stereocenters. The summed E-state index contributed by atoms with van der Waals surface area (Å²) in [6, 6.07) is 7.84. The Morgan fingerprint density at radius 1 is 1.33 bits per heavy atom. The maximum atomic E-state index is 11.0. The van der Waals surface area contributed by atoms with E-state index in [1.807, 2.05) is 24.3 Å². The molecule has 4 nitrogen and oxygen atoms in total. The zero-order chi connectivity index (χ0) is 13.0. The first-order valence-electron chi connectivity index (χ1n) is 5.56. The summed E-state index contributed by atoms with van der Waals surface area (Å²) in [6.45, 7) is 2.06. The molecular weight excluding hydrogens is 250 g/mol. The highest BCUT2D eigenvalue weighted by Gasteiger charge is 2.10. The Morgan fingerprint density at radius 3 is 2.83 bits per heavy atom. The van der Waals surface area contributed by atoms with Gasteiger partial charge in [0.05, 0.1) is 5.56 Å². The van der Waals surface area contributed by atoms with E-state index in [-0.39, 0.29) is 10.7 Å². The second-order valence-corrected chi connectivity index (χ2v) is 4.04. The maximum absolute atomic E-state index is 11.0. The third-order valence-electron chi connectivity index (χ3n) is 2.60. The highest BCUT2D eigenvalue weighted by Crippen LogP contribution is 2.24. The minimum absolute atomic E-state index is 0.150. The highest BCUT2D eigenvalue weighted by molar-refractivity contribution is 6.32. The third-order valence-corrected chi connectivity index (χ3v) is 2.91. The van der Waals surface area contributed by atoms with E-state index in [0.29, 0.717) is 12.1 Å². The molecule has 0 fully saturated rings. The smallest absolute Gasteiger partial charge is 0.156 e. The lowest BCUT2D eigenvalue weighted by Crippen LogP contribution is -2.02. The topological polar surface area (TPSA) is 54.9 Å². The molecule has 1 aromatic heterocycles. The molecule has 92 valence electrons. The number of benzene rings is 1. The molecule has 2 rings (SSSR count). The number of nitrogens with zero attached hydrogens (tertiary/aromatic N) is 2. The molecule has 0 aliphatic carbocycles. The van der Waals surface area contributed by atoms with Gasteiger partial charge in [-0.2, -0.15) is 0 Å². The fraction of sp³-hybridized carbons (Fsp3) is 0.154. The van der Waals surface area contributed by atoms with Crippen molar-refractivity contribution in [3.63, 3.8) is 0 Å². The Labute approximate surface area is 110 Å². The van der Waals surface area contributed by atoms with Crippen LogP contribution in [0.4, 0.5) is 11.5 Å². The largest absolute Gasteiger partial charge is 0.339 e. The molecule has 0 bridgehead atoms. The van der Waals surface area contributed by atoms with Gasteiger partial charge in [0.2, 0.25) is 0 Å². The summed E-state index contributed by atoms with van der Waals surface area (Å²) in [7, 11) is 0. The van der Waals surface area contributed by atoms with Gasteiger partial charge in [-0.3, -0.25) is 4.79 Å². The predicted molar refractivity (Wildman–Crippen MR) is 71.5 cm³/mol. The standard InChI is InChI=1S/C13H12ClN3O/c1-2-9-5-3-4-6-11(9)17-13-10(7-18)12(14)15-8-16-13/h3-8H,2H2,1H3,(H,15,16,17). The van der Waals surface area contributed by atoms with Gasteiger partial charge in [-0.05, 0) is 18.1 Å². The van der Waals surface area contributed by atoms with Crippen LogP contribution in [0.1, 0.15) is 22.8 Å². The van der Waals surface area contributed by atoms with Crippen molar-refractivity contribution < 1.29 is 4.79 Å². The van der Waals surface area contributed by atoms with Gasteiger partial charge in [-0.15, -0.1) is 0 Å². The Balaban J connectivity index is 2.40. The van der Waals surface area contributed by atoms with Crippen LogP contribution in [0.5, 0.6) is 0 Å². The number of aldehydes is 1. The number of carbonyl (C=O) groups excluding carboxylic acids is 1. The molecule has 0 spiro atoms. The van der Waals surface area contributed by atoms with Crippen molar-refractivity contribution in [2.45, 2.75) is 13.3 Å². The minimum atomic E-state index is 0.150. The van der Waals surface area contributed by atoms with E-state index >= 15 is 0 Å². The molecule has 0 amide bonds. The lowest BCUT2D eigenvalue weighted by Gasteiger charge is -2.11. The number of hydrogen-bond donors (Lipinski definition) is 1. The number of carbonyl (C=O) groups is 1. The first kappa shape index (κ1) is 12.5. The van der Waals surface area contributed by atoms with Crippen LogP contribution in [0.3, 0.4) is 0 Å². The molecule has 0 saturated heterocycles. The zero-order valence-corrected chi connectivity index (χ0v) is 10.6. The summed E-state index contributed by atoms with van der Waals surface area (Å²) in [5.74, 6) is 0.422. The minimum Gasteiger partial charge on any atom is -0.339 e. The van der Waals surface area contributed by atoms with Crippen molar-refractivity contribution in [2.75, 3.05) is 5.32 Å². The number of aryl methyl sites for hydroxylation is 1. The van der Waals surface area contributed by atoms with Gasteiger partial charge >= 0.3 is 0 Å². The summed E-state index contributed by atoms with van der Waals surface area (Å²) in [5, 5.41) is 3.27. The predicted octanol–water partition coefficient (Wildman–Crippen LogP) is 3.25. The van der Waals surface area contributed by atoms with Crippen LogP contribution < -0.4 is 5.32 Å². The number of aromatic nitrogens is 2. The summed E-state index contributed by atoms with van der Waals surface area (Å²) < 4.78 is 0. The molecule has 1 aromatic carbocycles. The molecular formula is C13H12ClN3O.